The molecule has 5 heteroatoms. The van der Waals surface area contributed by atoms with Gasteiger partial charge in [-0.3, -0.25) is 9.59 Å². The van der Waals surface area contributed by atoms with Crippen LogP contribution in [-0.4, -0.2) is 35.2 Å². The van der Waals surface area contributed by atoms with Gasteiger partial charge in [0.15, 0.2) is 0 Å². The van der Waals surface area contributed by atoms with Crippen LogP contribution in [0.25, 0.3) is 0 Å². The number of carboxylic acid groups (broad SMARTS) is 1. The summed E-state index contributed by atoms with van der Waals surface area (Å²) in [5, 5.41) is 11.6. The maximum absolute atomic E-state index is 11.6. The SMILES string of the molecule is CC(C)NC(CCC(=O)O)C(=O)OC(C)C. The molecule has 0 spiro atoms. The van der Waals surface area contributed by atoms with Gasteiger partial charge in [-0.05, 0) is 20.3 Å². The summed E-state index contributed by atoms with van der Waals surface area (Å²) in [4.78, 5) is 22.1. The molecule has 5 nitrogen and oxygen atoms in total. The van der Waals surface area contributed by atoms with Crippen molar-refractivity contribution in [3.05, 3.63) is 0 Å². The fourth-order valence-corrected chi connectivity index (χ4v) is 1.25. The third-order valence-electron chi connectivity index (χ3n) is 1.82. The number of aliphatic carboxylic acids is 1. The van der Waals surface area contributed by atoms with Gasteiger partial charge in [-0.2, -0.15) is 0 Å². The molecule has 0 saturated carbocycles. The van der Waals surface area contributed by atoms with E-state index in [0.717, 1.165) is 0 Å². The summed E-state index contributed by atoms with van der Waals surface area (Å²) in [6.45, 7) is 7.33. The molecule has 1 atom stereocenters. The zero-order chi connectivity index (χ0) is 12.7. The Balaban J connectivity index is 4.28. The van der Waals surface area contributed by atoms with Crippen LogP contribution >= 0.6 is 0 Å². The van der Waals surface area contributed by atoms with Gasteiger partial charge >= 0.3 is 11.9 Å². The van der Waals surface area contributed by atoms with E-state index >= 15 is 0 Å². The standard InChI is InChI=1S/C11H21NO4/c1-7(2)12-9(5-6-10(13)14)11(15)16-8(3)4/h7-9,12H,5-6H2,1-4H3,(H,13,14). The third kappa shape index (κ3) is 7.23. The summed E-state index contributed by atoms with van der Waals surface area (Å²) in [6, 6.07) is -0.433. The van der Waals surface area contributed by atoms with Crippen LogP contribution in [0.15, 0.2) is 0 Å². The Morgan fingerprint density at radius 3 is 2.19 bits per heavy atom. The lowest BCUT2D eigenvalue weighted by Gasteiger charge is -2.20. The Morgan fingerprint density at radius 2 is 1.81 bits per heavy atom. The highest BCUT2D eigenvalue weighted by atomic mass is 16.5. The van der Waals surface area contributed by atoms with E-state index in [2.05, 4.69) is 5.32 Å². The minimum Gasteiger partial charge on any atom is -0.481 e. The lowest BCUT2D eigenvalue weighted by molar-refractivity contribution is -0.150. The first-order valence-corrected chi connectivity index (χ1v) is 5.51. The minimum atomic E-state index is -0.909. The van der Waals surface area contributed by atoms with Crippen molar-refractivity contribution in [3.8, 4) is 0 Å². The number of ether oxygens (including phenoxy) is 1. The summed E-state index contributed by atoms with van der Waals surface area (Å²) in [5.74, 6) is -1.29. The molecular weight excluding hydrogens is 210 g/mol. The van der Waals surface area contributed by atoms with E-state index in [0.29, 0.717) is 0 Å². The summed E-state index contributed by atoms with van der Waals surface area (Å²) in [5.41, 5.74) is 0. The number of esters is 1. The first-order valence-electron chi connectivity index (χ1n) is 5.51. The second-order valence-corrected chi connectivity index (χ2v) is 4.29. The molecule has 16 heavy (non-hydrogen) atoms. The van der Waals surface area contributed by atoms with Crippen molar-refractivity contribution >= 4 is 11.9 Å². The number of carbonyl (C=O) groups excluding carboxylic acids is 1. The number of carbonyl (C=O) groups is 2. The van der Waals surface area contributed by atoms with Crippen LogP contribution < -0.4 is 5.32 Å². The topological polar surface area (TPSA) is 75.6 Å². The normalized spacial score (nSPS) is 12.9. The van der Waals surface area contributed by atoms with Gasteiger partial charge in [-0.15, -0.1) is 0 Å². The Bertz CT molecular complexity index is 238. The molecule has 1 unspecified atom stereocenters. The zero-order valence-corrected chi connectivity index (χ0v) is 10.3. The average molecular weight is 231 g/mol. The van der Waals surface area contributed by atoms with Gasteiger partial charge in [0.25, 0.3) is 0 Å². The van der Waals surface area contributed by atoms with Gasteiger partial charge in [-0.25, -0.2) is 0 Å². The molecule has 0 rings (SSSR count). The van der Waals surface area contributed by atoms with Gasteiger partial charge in [0.2, 0.25) is 0 Å². The maximum Gasteiger partial charge on any atom is 0.323 e. The Hall–Kier alpha value is -1.10. The largest absolute Gasteiger partial charge is 0.481 e. The maximum atomic E-state index is 11.6. The highest BCUT2D eigenvalue weighted by Gasteiger charge is 2.22. The van der Waals surface area contributed by atoms with Gasteiger partial charge < -0.3 is 15.2 Å². The number of hydrogen-bond acceptors (Lipinski definition) is 4. The summed E-state index contributed by atoms with van der Waals surface area (Å²) in [6.07, 6.45) is 0.0187. The molecule has 0 fully saturated rings. The third-order valence-corrected chi connectivity index (χ3v) is 1.82. The average Bonchev–Trinajstić information content (AvgIpc) is 2.09. The predicted molar refractivity (Wildman–Crippen MR) is 60.2 cm³/mol. The van der Waals surface area contributed by atoms with Gasteiger partial charge in [0.1, 0.15) is 6.04 Å². The molecule has 2 N–H and O–H groups in total. The number of carboxylic acids is 1. The van der Waals surface area contributed by atoms with E-state index < -0.39 is 12.0 Å². The smallest absolute Gasteiger partial charge is 0.323 e. The Labute approximate surface area is 96.2 Å². The fraction of sp³-hybridized carbons (Fsp3) is 0.818. The molecule has 0 amide bonds. The highest BCUT2D eigenvalue weighted by molar-refractivity contribution is 5.77. The summed E-state index contributed by atoms with van der Waals surface area (Å²) < 4.78 is 5.05. The predicted octanol–water partition coefficient (Wildman–Crippen LogP) is 1.17. The number of hydrogen-bond donors (Lipinski definition) is 2. The van der Waals surface area contributed by atoms with Crippen molar-refractivity contribution in [2.45, 2.75) is 58.7 Å². The van der Waals surface area contributed by atoms with Crippen molar-refractivity contribution in [2.24, 2.45) is 0 Å². The lowest BCUT2D eigenvalue weighted by atomic mass is 10.1. The van der Waals surface area contributed by atoms with E-state index in [9.17, 15) is 9.59 Å². The van der Waals surface area contributed by atoms with Crippen molar-refractivity contribution in [1.29, 1.82) is 0 Å². The molecule has 0 saturated heterocycles. The molecule has 0 radical (unpaired) electrons. The molecule has 0 heterocycles. The molecule has 94 valence electrons. The molecule has 0 bridgehead atoms. The van der Waals surface area contributed by atoms with Crippen LogP contribution in [0.2, 0.25) is 0 Å². The summed E-state index contributed by atoms with van der Waals surface area (Å²) >= 11 is 0. The van der Waals surface area contributed by atoms with E-state index in [1.807, 2.05) is 13.8 Å². The van der Waals surface area contributed by atoms with Crippen molar-refractivity contribution in [1.82, 2.24) is 5.32 Å². The molecule has 0 aromatic carbocycles. The lowest BCUT2D eigenvalue weighted by Crippen LogP contribution is -2.42. The first-order chi connectivity index (χ1) is 7.32. The Kier molecular flexibility index (Phi) is 6.72. The minimum absolute atomic E-state index is 0.0441. The van der Waals surface area contributed by atoms with E-state index in [-0.39, 0.29) is 31.0 Å². The van der Waals surface area contributed by atoms with Crippen molar-refractivity contribution < 1.29 is 19.4 Å². The molecular formula is C11H21NO4. The van der Waals surface area contributed by atoms with Gasteiger partial charge in [0.05, 0.1) is 6.10 Å². The number of rotatable bonds is 7. The molecule has 0 aromatic rings. The fourth-order valence-electron chi connectivity index (χ4n) is 1.25. The summed E-state index contributed by atoms with van der Waals surface area (Å²) in [7, 11) is 0. The second kappa shape index (κ2) is 7.22. The van der Waals surface area contributed by atoms with Gasteiger partial charge in [-0.1, -0.05) is 13.8 Å². The van der Waals surface area contributed by atoms with Crippen LogP contribution in [0.3, 0.4) is 0 Å². The van der Waals surface area contributed by atoms with Crippen LogP contribution in [0.1, 0.15) is 40.5 Å². The molecule has 0 aromatic heterocycles. The number of nitrogens with one attached hydrogen (secondary N) is 1. The first kappa shape index (κ1) is 14.9. The van der Waals surface area contributed by atoms with E-state index in [4.69, 9.17) is 9.84 Å². The van der Waals surface area contributed by atoms with E-state index in [1.54, 1.807) is 13.8 Å². The van der Waals surface area contributed by atoms with Crippen molar-refractivity contribution in [2.75, 3.05) is 0 Å². The highest BCUT2D eigenvalue weighted by Crippen LogP contribution is 2.04. The molecule has 0 aliphatic rings. The molecule has 0 aliphatic carbocycles. The monoisotopic (exact) mass is 231 g/mol. The van der Waals surface area contributed by atoms with Crippen LogP contribution in [0.4, 0.5) is 0 Å². The van der Waals surface area contributed by atoms with Crippen LogP contribution in [-0.2, 0) is 14.3 Å². The zero-order valence-electron chi connectivity index (χ0n) is 10.3. The second-order valence-electron chi connectivity index (χ2n) is 4.29. The van der Waals surface area contributed by atoms with Crippen molar-refractivity contribution in [3.63, 3.8) is 0 Å². The van der Waals surface area contributed by atoms with E-state index in [1.165, 1.54) is 0 Å². The van der Waals surface area contributed by atoms with Gasteiger partial charge in [0, 0.05) is 12.5 Å². The molecule has 0 aliphatic heterocycles. The quantitative estimate of drug-likeness (QED) is 0.643. The Morgan fingerprint density at radius 1 is 1.25 bits per heavy atom. The van der Waals surface area contributed by atoms with Crippen LogP contribution in [0, 0.1) is 0 Å². The van der Waals surface area contributed by atoms with Crippen LogP contribution in [0.5, 0.6) is 0 Å².